The van der Waals surface area contributed by atoms with Crippen LogP contribution >= 0.6 is 0 Å². The molecular weight excluding hydrogens is 515 g/mol. The molecule has 2 aromatic rings. The summed E-state index contributed by atoms with van der Waals surface area (Å²) < 4.78 is 83.9. The van der Waals surface area contributed by atoms with Gasteiger partial charge in [-0.25, -0.2) is 4.39 Å². The first-order valence-electron chi connectivity index (χ1n) is 11.8. The van der Waals surface area contributed by atoms with Gasteiger partial charge >= 0.3 is 6.18 Å². The van der Waals surface area contributed by atoms with Crippen molar-refractivity contribution >= 4 is 11.6 Å². The topological polar surface area (TPSA) is 76.0 Å². The quantitative estimate of drug-likeness (QED) is 0.564. The number of likely N-dealkylation sites (N-methyl/N-ethyl adjacent to an activating group) is 2. The van der Waals surface area contributed by atoms with Gasteiger partial charge in [0.2, 0.25) is 11.7 Å². The van der Waals surface area contributed by atoms with Gasteiger partial charge in [0, 0.05) is 49.6 Å². The van der Waals surface area contributed by atoms with Crippen molar-refractivity contribution < 1.29 is 36.2 Å². The van der Waals surface area contributed by atoms with E-state index >= 15 is 0 Å². The zero-order chi connectivity index (χ0) is 28.2. The van der Waals surface area contributed by atoms with E-state index in [9.17, 15) is 31.5 Å². The Hall–Kier alpha value is -3.03. The van der Waals surface area contributed by atoms with Crippen molar-refractivity contribution in [2.45, 2.75) is 42.7 Å². The van der Waals surface area contributed by atoms with Crippen LogP contribution in [0.1, 0.15) is 24.4 Å². The largest absolute Gasteiger partial charge is 0.493 e. The first kappa shape index (κ1) is 28.0. The monoisotopic (exact) mass is 544 g/mol. The van der Waals surface area contributed by atoms with Crippen LogP contribution in [0.3, 0.4) is 0 Å². The molecule has 2 aliphatic heterocycles. The van der Waals surface area contributed by atoms with Crippen molar-refractivity contribution in [1.82, 2.24) is 14.4 Å². The van der Waals surface area contributed by atoms with Crippen LogP contribution in [0.15, 0.2) is 35.3 Å². The third-order valence-corrected chi connectivity index (χ3v) is 7.76. The number of carbonyl (C=O) groups is 1. The average Bonchev–Trinajstić information content (AvgIpc) is 3.06. The van der Waals surface area contributed by atoms with Crippen molar-refractivity contribution in [2.75, 3.05) is 46.7 Å². The number of carbonyl (C=O) groups excluding carboxylic acids is 1. The summed E-state index contributed by atoms with van der Waals surface area (Å²) >= 11 is 0. The van der Waals surface area contributed by atoms with Crippen LogP contribution in [-0.2, 0) is 9.53 Å². The highest BCUT2D eigenvalue weighted by Gasteiger charge is 2.69. The maximum atomic E-state index is 14.6. The molecule has 0 radical (unpaired) electrons. The van der Waals surface area contributed by atoms with E-state index in [4.69, 9.17) is 9.47 Å². The Morgan fingerprint density at radius 1 is 1.13 bits per heavy atom. The third kappa shape index (κ3) is 4.35. The molecule has 3 heterocycles. The summed E-state index contributed by atoms with van der Waals surface area (Å²) in [4.78, 5) is 29.1. The Balaban J connectivity index is 1.76. The van der Waals surface area contributed by atoms with Crippen molar-refractivity contribution in [3.05, 3.63) is 58.0 Å². The molecule has 2 aliphatic rings. The van der Waals surface area contributed by atoms with E-state index in [1.807, 2.05) is 11.9 Å². The second-order valence-electron chi connectivity index (χ2n) is 9.89. The number of benzene rings is 1. The second kappa shape index (κ2) is 9.93. The molecule has 0 spiro atoms. The molecule has 38 heavy (non-hydrogen) atoms. The molecule has 8 nitrogen and oxygen atoms in total. The molecule has 0 bridgehead atoms. The Labute approximate surface area is 215 Å². The predicted octanol–water partition coefficient (Wildman–Crippen LogP) is 2.99. The molecule has 0 saturated carbocycles. The van der Waals surface area contributed by atoms with Gasteiger partial charge < -0.3 is 24.3 Å². The van der Waals surface area contributed by atoms with Gasteiger partial charge in [-0.1, -0.05) is 6.07 Å². The highest BCUT2D eigenvalue weighted by Crippen LogP contribution is 2.53. The number of amides is 1. The van der Waals surface area contributed by atoms with E-state index < -0.39 is 53.1 Å². The van der Waals surface area contributed by atoms with Gasteiger partial charge in [0.05, 0.1) is 25.3 Å². The summed E-state index contributed by atoms with van der Waals surface area (Å²) in [7, 11) is 5.13. The summed E-state index contributed by atoms with van der Waals surface area (Å²) in [6.07, 6.45) is -5.06. The average molecular weight is 545 g/mol. The van der Waals surface area contributed by atoms with Crippen LogP contribution in [0.25, 0.3) is 0 Å². The van der Waals surface area contributed by atoms with Gasteiger partial charge in [-0.3, -0.25) is 14.5 Å². The number of anilines is 1. The van der Waals surface area contributed by atoms with Crippen LogP contribution in [0.5, 0.6) is 5.75 Å². The number of hydrogen-bond donors (Lipinski definition) is 1. The van der Waals surface area contributed by atoms with Crippen molar-refractivity contribution in [2.24, 2.45) is 0 Å². The van der Waals surface area contributed by atoms with Gasteiger partial charge in [0.15, 0.2) is 11.6 Å². The minimum absolute atomic E-state index is 0.0154. The lowest BCUT2D eigenvalue weighted by molar-refractivity contribution is -0.240. The van der Waals surface area contributed by atoms with Gasteiger partial charge in [-0.05, 0) is 33.2 Å². The Bertz CT molecular complexity index is 1280. The summed E-state index contributed by atoms with van der Waals surface area (Å²) in [5.41, 5.74) is -3.15. The van der Waals surface area contributed by atoms with Crippen LogP contribution < -0.4 is 15.6 Å². The molecular formula is C25H29F5N4O4. The van der Waals surface area contributed by atoms with Gasteiger partial charge in [0.1, 0.15) is 5.54 Å². The number of nitrogens with one attached hydrogen (secondary N) is 1. The van der Waals surface area contributed by atoms with Gasteiger partial charge in [-0.2, -0.15) is 17.6 Å². The molecule has 2 saturated heterocycles. The number of methoxy groups -OCH3 is 2. The zero-order valence-electron chi connectivity index (χ0n) is 21.5. The SMILES string of the molecule is COc1c([C@H]2[C@H](C(=O)Nc3ccn(C4CN(C)C4)c(=O)c3)N(C)[C@@](C)(C(F)(F)F)[C@H]2OC)ccc(F)c1F. The zero-order valence-corrected chi connectivity index (χ0v) is 21.5. The van der Waals surface area contributed by atoms with E-state index in [0.717, 1.165) is 45.2 Å². The van der Waals surface area contributed by atoms with E-state index in [1.54, 1.807) is 0 Å². The molecule has 1 aromatic carbocycles. The normalized spacial score (nSPS) is 26.8. The molecule has 1 amide bonds. The van der Waals surface area contributed by atoms with E-state index in [-0.39, 0.29) is 22.9 Å². The lowest BCUT2D eigenvalue weighted by atomic mass is 9.82. The van der Waals surface area contributed by atoms with Crippen molar-refractivity contribution in [1.29, 1.82) is 0 Å². The smallest absolute Gasteiger partial charge is 0.409 e. The summed E-state index contributed by atoms with van der Waals surface area (Å²) in [5.74, 6) is -5.59. The minimum Gasteiger partial charge on any atom is -0.493 e. The maximum absolute atomic E-state index is 14.6. The number of alkyl halides is 3. The summed E-state index contributed by atoms with van der Waals surface area (Å²) in [5, 5.41) is 2.53. The van der Waals surface area contributed by atoms with E-state index in [1.165, 1.54) is 22.9 Å². The lowest BCUT2D eigenvalue weighted by Crippen LogP contribution is -2.59. The number of rotatable bonds is 6. The number of pyridine rings is 1. The van der Waals surface area contributed by atoms with Gasteiger partial charge in [-0.15, -0.1) is 0 Å². The minimum atomic E-state index is -4.88. The fourth-order valence-electron chi connectivity index (χ4n) is 5.60. The highest BCUT2D eigenvalue weighted by atomic mass is 19.4. The summed E-state index contributed by atoms with van der Waals surface area (Å²) in [6.45, 7) is 2.25. The Morgan fingerprint density at radius 3 is 2.32 bits per heavy atom. The molecule has 4 rings (SSSR count). The number of hydrogen-bond acceptors (Lipinski definition) is 6. The molecule has 1 N–H and O–H groups in total. The van der Waals surface area contributed by atoms with Crippen molar-refractivity contribution in [3.63, 3.8) is 0 Å². The Kier molecular flexibility index (Phi) is 7.32. The fraction of sp³-hybridized carbons (Fsp3) is 0.520. The van der Waals surface area contributed by atoms with Gasteiger partial charge in [0.25, 0.3) is 5.56 Å². The Morgan fingerprint density at radius 2 is 1.79 bits per heavy atom. The van der Waals surface area contributed by atoms with Crippen LogP contribution in [0.2, 0.25) is 0 Å². The predicted molar refractivity (Wildman–Crippen MR) is 128 cm³/mol. The van der Waals surface area contributed by atoms with E-state index in [0.29, 0.717) is 13.1 Å². The standard InChI is InChI=1S/C25H29F5N4O4/c1-24(25(28,29)30)22(38-5)18(15-6-7-16(26)19(27)21(15)37-4)20(33(24)3)23(36)31-13-8-9-34(17(35)10-13)14-11-32(2)12-14/h6-10,14,18,20,22H,11-12H2,1-5H3,(H,31,36)/t18-,20+,22-,24+/m0/s1. The third-order valence-electron chi connectivity index (χ3n) is 7.76. The van der Waals surface area contributed by atoms with Crippen LogP contribution in [-0.4, -0.2) is 85.5 Å². The fourth-order valence-corrected chi connectivity index (χ4v) is 5.60. The van der Waals surface area contributed by atoms with Crippen LogP contribution in [0, 0.1) is 11.6 Å². The van der Waals surface area contributed by atoms with E-state index in [2.05, 4.69) is 5.32 Å². The molecule has 13 heteroatoms. The first-order valence-corrected chi connectivity index (χ1v) is 11.8. The molecule has 2 fully saturated rings. The number of halogens is 5. The van der Waals surface area contributed by atoms with Crippen molar-refractivity contribution in [3.8, 4) is 5.75 Å². The molecule has 208 valence electrons. The van der Waals surface area contributed by atoms with Crippen LogP contribution in [0.4, 0.5) is 27.6 Å². The number of likely N-dealkylation sites (tertiary alicyclic amines) is 2. The number of ether oxygens (including phenoxy) is 2. The first-order chi connectivity index (χ1) is 17.8. The second-order valence-corrected chi connectivity index (χ2v) is 9.89. The maximum Gasteiger partial charge on any atom is 0.409 e. The molecule has 1 aromatic heterocycles. The lowest BCUT2D eigenvalue weighted by Gasteiger charge is -2.39. The molecule has 0 unspecified atom stereocenters. The molecule has 4 atom stereocenters. The highest BCUT2D eigenvalue weighted by molar-refractivity contribution is 5.96. The summed E-state index contributed by atoms with van der Waals surface area (Å²) in [6, 6.07) is 2.94. The number of aromatic nitrogens is 1. The molecule has 0 aliphatic carbocycles. The number of nitrogens with zero attached hydrogens (tertiary/aromatic N) is 3.